The van der Waals surface area contributed by atoms with E-state index in [0.717, 1.165) is 11.8 Å². The van der Waals surface area contributed by atoms with Crippen molar-refractivity contribution in [3.05, 3.63) is 28.4 Å². The van der Waals surface area contributed by atoms with Crippen LogP contribution in [0.2, 0.25) is 0 Å². The number of ether oxygens (including phenoxy) is 2. The lowest BCUT2D eigenvalue weighted by Crippen LogP contribution is -2.42. The Balaban J connectivity index is 2.31. The number of carbonyl (C=O) groups is 1. The van der Waals surface area contributed by atoms with Gasteiger partial charge in [-0.25, -0.2) is 27.9 Å². The third kappa shape index (κ3) is 5.88. The van der Waals surface area contributed by atoms with Gasteiger partial charge >= 0.3 is 6.03 Å². The van der Waals surface area contributed by atoms with Gasteiger partial charge < -0.3 is 25.8 Å². The topological polar surface area (TPSA) is 157 Å². The molecule has 32 heavy (non-hydrogen) atoms. The Bertz CT molecular complexity index is 975. The number of carbonyl (C=O) groups excluding carboxylic acids is 1. The van der Waals surface area contributed by atoms with Gasteiger partial charge in [-0.2, -0.15) is 0 Å². The van der Waals surface area contributed by atoms with Gasteiger partial charge in [0.2, 0.25) is 11.8 Å². The Kier molecular flexibility index (Phi) is 8.44. The Labute approximate surface area is 188 Å². The summed E-state index contributed by atoms with van der Waals surface area (Å²) < 4.78 is 38.3. The second-order valence-electron chi connectivity index (χ2n) is 7.86. The number of pyridine rings is 1. The van der Waals surface area contributed by atoms with E-state index in [-0.39, 0.29) is 30.4 Å². The predicted molar refractivity (Wildman–Crippen MR) is 123 cm³/mol. The maximum absolute atomic E-state index is 12.8. The number of nitrogens with two attached hydrogens (primary N) is 1. The molecular formula is C20H32N6O5S. The fraction of sp³-hybridized carbons (Fsp3) is 0.550. The van der Waals surface area contributed by atoms with Gasteiger partial charge in [-0.05, 0) is 24.4 Å². The van der Waals surface area contributed by atoms with E-state index < -0.39 is 21.0 Å². The van der Waals surface area contributed by atoms with Crippen LogP contribution in [0.15, 0.2) is 22.2 Å². The summed E-state index contributed by atoms with van der Waals surface area (Å²) in [5, 5.41) is 5.63. The molecule has 1 aromatic rings. The van der Waals surface area contributed by atoms with Crippen LogP contribution in [0.3, 0.4) is 0 Å². The Morgan fingerprint density at radius 1 is 1.31 bits per heavy atom. The maximum Gasteiger partial charge on any atom is 0.333 e. The normalized spacial score (nSPS) is 17.1. The highest BCUT2D eigenvalue weighted by molar-refractivity contribution is 7.94. The summed E-state index contributed by atoms with van der Waals surface area (Å²) in [6.45, 7) is 8.27. The molecule has 0 aromatic carbocycles. The van der Waals surface area contributed by atoms with Crippen LogP contribution in [0.1, 0.15) is 50.8 Å². The average molecular weight is 469 g/mol. The monoisotopic (exact) mass is 468 g/mol. The molecule has 2 rings (SSSR count). The summed E-state index contributed by atoms with van der Waals surface area (Å²) >= 11 is 0. The smallest absolute Gasteiger partial charge is 0.333 e. The molecule has 11 nitrogen and oxygen atoms in total. The van der Waals surface area contributed by atoms with E-state index in [1.165, 1.54) is 7.11 Å². The van der Waals surface area contributed by atoms with Crippen molar-refractivity contribution < 1.29 is 22.7 Å². The van der Waals surface area contributed by atoms with Gasteiger partial charge in [-0.3, -0.25) is 0 Å². The highest BCUT2D eigenvalue weighted by atomic mass is 32.2. The summed E-state index contributed by atoms with van der Waals surface area (Å²) in [7, 11) is -1.08. The van der Waals surface area contributed by atoms with Crippen LogP contribution >= 0.6 is 0 Å². The van der Waals surface area contributed by atoms with Gasteiger partial charge in [0.25, 0.3) is 10.0 Å². The Morgan fingerprint density at radius 3 is 2.47 bits per heavy atom. The number of urea groups is 1. The molecule has 12 heteroatoms. The number of aliphatic imine (C=N–C) groups is 1. The van der Waals surface area contributed by atoms with Crippen LogP contribution in [0.4, 0.5) is 10.5 Å². The van der Waals surface area contributed by atoms with Crippen LogP contribution in [0, 0.1) is 0 Å². The first-order valence-corrected chi connectivity index (χ1v) is 11.7. The zero-order valence-corrected chi connectivity index (χ0v) is 20.0. The minimum absolute atomic E-state index is 0.0147. The number of anilines is 1. The number of amides is 2. The first-order chi connectivity index (χ1) is 15.0. The second kappa shape index (κ2) is 10.6. The highest BCUT2D eigenvalue weighted by Gasteiger charge is 2.30. The number of nitrogens with one attached hydrogen (secondary N) is 3. The van der Waals surface area contributed by atoms with Gasteiger partial charge in [-0.1, -0.05) is 27.7 Å². The van der Waals surface area contributed by atoms with Gasteiger partial charge in [0, 0.05) is 12.3 Å². The number of hydrogen-bond donors (Lipinski definition) is 4. The van der Waals surface area contributed by atoms with E-state index in [1.807, 2.05) is 32.4 Å². The van der Waals surface area contributed by atoms with E-state index in [2.05, 4.69) is 20.6 Å². The SMILES string of the molecule is CN[C@H]1CN=C(C(=CN)S(=O)(=O)NC(=O)Nc2c(C(C)C)cc(OC)nc2C(C)C)OC1. The van der Waals surface area contributed by atoms with Crippen molar-refractivity contribution in [2.45, 2.75) is 45.6 Å². The number of sulfonamides is 1. The number of hydrogen-bond acceptors (Lipinski definition) is 9. The number of methoxy groups -OCH3 is 1. The minimum atomic E-state index is -4.34. The second-order valence-corrected chi connectivity index (χ2v) is 9.51. The number of likely N-dealkylation sites (N-methyl/N-ethyl adjacent to an activating group) is 1. The van der Waals surface area contributed by atoms with Crippen LogP contribution in [0.25, 0.3) is 0 Å². The third-order valence-electron chi connectivity index (χ3n) is 4.83. The Morgan fingerprint density at radius 2 is 2.00 bits per heavy atom. The van der Waals surface area contributed by atoms with Crippen molar-refractivity contribution in [1.82, 2.24) is 15.0 Å². The van der Waals surface area contributed by atoms with Crippen molar-refractivity contribution in [2.24, 2.45) is 10.7 Å². The first-order valence-electron chi connectivity index (χ1n) is 10.2. The van der Waals surface area contributed by atoms with E-state index in [1.54, 1.807) is 13.1 Å². The molecule has 2 amide bonds. The molecule has 0 bridgehead atoms. The molecule has 5 N–H and O–H groups in total. The zero-order chi connectivity index (χ0) is 24.1. The fourth-order valence-corrected chi connectivity index (χ4v) is 4.00. The van der Waals surface area contributed by atoms with Crippen LogP contribution in [-0.4, -0.2) is 58.7 Å². The first kappa shape index (κ1) is 25.4. The van der Waals surface area contributed by atoms with Gasteiger partial charge in [0.1, 0.15) is 6.61 Å². The number of nitrogens with zero attached hydrogens (tertiary/aromatic N) is 2. The lowest BCUT2D eigenvalue weighted by atomic mass is 9.97. The summed E-state index contributed by atoms with van der Waals surface area (Å²) in [6.07, 6.45) is 0.849. The summed E-state index contributed by atoms with van der Waals surface area (Å²) in [5.74, 6) is 0.229. The molecule has 1 aromatic heterocycles. The van der Waals surface area contributed by atoms with E-state index >= 15 is 0 Å². The van der Waals surface area contributed by atoms with Crippen LogP contribution in [0.5, 0.6) is 5.88 Å². The van der Waals surface area contributed by atoms with Gasteiger partial charge in [0.05, 0.1) is 31.1 Å². The maximum atomic E-state index is 12.8. The van der Waals surface area contributed by atoms with Crippen molar-refractivity contribution in [1.29, 1.82) is 0 Å². The standard InChI is InChI=1S/C20H32N6O5S/c1-11(2)14-7-16(30-6)24-17(12(3)4)18(14)25-20(27)26-32(28,29)15(8-21)19-23-9-13(22-5)10-31-19/h7-8,11-13,22H,9-10,21H2,1-6H3,(H2,25,26,27)/t13-/m0/s1. The van der Waals surface area contributed by atoms with Crippen molar-refractivity contribution in [2.75, 3.05) is 32.6 Å². The lowest BCUT2D eigenvalue weighted by Gasteiger charge is -2.23. The minimum Gasteiger partial charge on any atom is -0.481 e. The third-order valence-corrected chi connectivity index (χ3v) is 6.18. The number of rotatable bonds is 8. The molecule has 0 saturated heterocycles. The zero-order valence-electron chi connectivity index (χ0n) is 19.2. The van der Waals surface area contributed by atoms with Crippen molar-refractivity contribution >= 4 is 27.6 Å². The molecule has 178 valence electrons. The van der Waals surface area contributed by atoms with Crippen molar-refractivity contribution in [3.63, 3.8) is 0 Å². The van der Waals surface area contributed by atoms with Crippen molar-refractivity contribution in [3.8, 4) is 5.88 Å². The molecule has 0 unspecified atom stereocenters. The molecule has 0 fully saturated rings. The van der Waals surface area contributed by atoms with E-state index in [0.29, 0.717) is 23.8 Å². The Hall–Kier alpha value is -2.86. The van der Waals surface area contributed by atoms with Crippen LogP contribution < -0.4 is 25.8 Å². The molecule has 0 aliphatic carbocycles. The van der Waals surface area contributed by atoms with E-state index in [4.69, 9.17) is 15.2 Å². The molecule has 1 aliphatic rings. The van der Waals surface area contributed by atoms with Crippen LogP contribution in [-0.2, 0) is 14.8 Å². The highest BCUT2D eigenvalue weighted by Crippen LogP contribution is 2.34. The molecular weight excluding hydrogens is 436 g/mol. The summed E-state index contributed by atoms with van der Waals surface area (Å²) in [4.78, 5) is 20.8. The molecule has 0 saturated carbocycles. The molecule has 2 heterocycles. The summed E-state index contributed by atoms with van der Waals surface area (Å²) in [5.41, 5.74) is 7.31. The van der Waals surface area contributed by atoms with E-state index in [9.17, 15) is 13.2 Å². The predicted octanol–water partition coefficient (Wildman–Crippen LogP) is 1.61. The number of aromatic nitrogens is 1. The molecule has 0 radical (unpaired) electrons. The molecule has 1 atom stereocenters. The largest absolute Gasteiger partial charge is 0.481 e. The molecule has 0 spiro atoms. The lowest BCUT2D eigenvalue weighted by molar-refractivity contribution is 0.244. The quantitative estimate of drug-likeness (QED) is 0.448. The van der Waals surface area contributed by atoms with Gasteiger partial charge in [0.15, 0.2) is 4.91 Å². The molecule has 1 aliphatic heterocycles. The average Bonchev–Trinajstić information content (AvgIpc) is 2.73. The fourth-order valence-electron chi connectivity index (χ4n) is 3.06. The summed E-state index contributed by atoms with van der Waals surface area (Å²) in [6, 6.07) is 0.724. The van der Waals surface area contributed by atoms with Gasteiger partial charge in [-0.15, -0.1) is 0 Å².